The Balaban J connectivity index is 2.23. The number of hydrogen-bond donors (Lipinski definition) is 0. The second-order valence-electron chi connectivity index (χ2n) is 4.84. The van der Waals surface area contributed by atoms with E-state index in [1.54, 1.807) is 24.3 Å². The Morgan fingerprint density at radius 3 is 2.62 bits per heavy atom. The molecule has 0 saturated carbocycles. The van der Waals surface area contributed by atoms with Crippen molar-refractivity contribution in [2.24, 2.45) is 0 Å². The maximum atomic E-state index is 12.3. The molecule has 2 nitrogen and oxygen atoms in total. The van der Waals surface area contributed by atoms with Crippen LogP contribution in [-0.4, -0.2) is 5.78 Å². The molecule has 0 aromatic heterocycles. The van der Waals surface area contributed by atoms with E-state index in [4.69, 9.17) is 23.2 Å². The average molecular weight is 318 g/mol. The number of ketones is 1. The fourth-order valence-corrected chi connectivity index (χ4v) is 2.67. The Hall–Kier alpha value is -1.82. The van der Waals surface area contributed by atoms with E-state index in [0.717, 1.165) is 5.56 Å². The van der Waals surface area contributed by atoms with Gasteiger partial charge in [-0.2, -0.15) is 5.26 Å². The van der Waals surface area contributed by atoms with Crippen LogP contribution >= 0.6 is 23.2 Å². The zero-order valence-corrected chi connectivity index (χ0v) is 12.9. The van der Waals surface area contributed by atoms with Crippen molar-refractivity contribution >= 4 is 29.0 Å². The number of halogens is 2. The van der Waals surface area contributed by atoms with Gasteiger partial charge < -0.3 is 0 Å². The van der Waals surface area contributed by atoms with E-state index in [-0.39, 0.29) is 12.2 Å². The molecule has 0 N–H and O–H groups in total. The zero-order valence-electron chi connectivity index (χ0n) is 11.4. The first-order valence-corrected chi connectivity index (χ1v) is 7.21. The van der Waals surface area contributed by atoms with Crippen molar-refractivity contribution in [2.75, 3.05) is 0 Å². The summed E-state index contributed by atoms with van der Waals surface area (Å²) in [4.78, 5) is 12.3. The first-order valence-electron chi connectivity index (χ1n) is 6.45. The summed E-state index contributed by atoms with van der Waals surface area (Å²) >= 11 is 12.0. The molecule has 0 amide bonds. The van der Waals surface area contributed by atoms with Gasteiger partial charge in [0.2, 0.25) is 0 Å². The lowest BCUT2D eigenvalue weighted by molar-refractivity contribution is 0.0979. The van der Waals surface area contributed by atoms with Crippen LogP contribution in [0.3, 0.4) is 0 Å². The molecule has 0 aliphatic heterocycles. The predicted octanol–water partition coefficient (Wildman–Crippen LogP) is 5.18. The van der Waals surface area contributed by atoms with Gasteiger partial charge in [-0.1, -0.05) is 53.0 Å². The SMILES string of the molecule is Cc1cccc(C(=O)CC(C#N)c2ccc(Cl)cc2Cl)c1. The van der Waals surface area contributed by atoms with Gasteiger partial charge in [0.25, 0.3) is 0 Å². The van der Waals surface area contributed by atoms with Crippen molar-refractivity contribution in [2.45, 2.75) is 19.3 Å². The molecular weight excluding hydrogens is 305 g/mol. The molecule has 2 aromatic rings. The van der Waals surface area contributed by atoms with E-state index in [0.29, 0.717) is 21.2 Å². The Kier molecular flexibility index (Phi) is 5.01. The van der Waals surface area contributed by atoms with Crippen LogP contribution < -0.4 is 0 Å². The molecule has 0 bridgehead atoms. The van der Waals surface area contributed by atoms with Crippen LogP contribution in [0.25, 0.3) is 0 Å². The maximum absolute atomic E-state index is 12.3. The van der Waals surface area contributed by atoms with E-state index in [9.17, 15) is 10.1 Å². The zero-order chi connectivity index (χ0) is 15.4. The average Bonchev–Trinajstić information content (AvgIpc) is 2.45. The van der Waals surface area contributed by atoms with Gasteiger partial charge in [0.05, 0.1) is 12.0 Å². The Morgan fingerprint density at radius 1 is 1.24 bits per heavy atom. The third kappa shape index (κ3) is 3.85. The highest BCUT2D eigenvalue weighted by molar-refractivity contribution is 6.35. The third-order valence-corrected chi connectivity index (χ3v) is 3.79. The minimum absolute atomic E-state index is 0.0729. The minimum Gasteiger partial charge on any atom is -0.294 e. The number of rotatable bonds is 4. The Morgan fingerprint density at radius 2 is 2.00 bits per heavy atom. The van der Waals surface area contributed by atoms with E-state index < -0.39 is 5.92 Å². The van der Waals surface area contributed by atoms with Crippen molar-refractivity contribution < 1.29 is 4.79 Å². The fraction of sp³-hybridized carbons (Fsp3) is 0.176. The van der Waals surface area contributed by atoms with Crippen molar-refractivity contribution in [3.63, 3.8) is 0 Å². The standard InChI is InChI=1S/C17H13Cl2NO/c1-11-3-2-4-12(7-11)17(21)8-13(10-20)15-6-5-14(18)9-16(15)19/h2-7,9,13H,8H2,1H3. The van der Waals surface area contributed by atoms with Crippen LogP contribution in [0.5, 0.6) is 0 Å². The second kappa shape index (κ2) is 6.76. The second-order valence-corrected chi connectivity index (χ2v) is 5.69. The Bertz CT molecular complexity index is 719. The van der Waals surface area contributed by atoms with E-state index in [1.165, 1.54) is 0 Å². The highest BCUT2D eigenvalue weighted by Crippen LogP contribution is 2.30. The third-order valence-electron chi connectivity index (χ3n) is 3.22. The van der Waals surface area contributed by atoms with Crippen molar-refractivity contribution in [1.29, 1.82) is 5.26 Å². The summed E-state index contributed by atoms with van der Waals surface area (Å²) in [7, 11) is 0. The quantitative estimate of drug-likeness (QED) is 0.729. The van der Waals surface area contributed by atoms with Crippen molar-refractivity contribution in [3.05, 3.63) is 69.2 Å². The summed E-state index contributed by atoms with van der Waals surface area (Å²) in [5, 5.41) is 10.2. The molecule has 0 radical (unpaired) electrons. The smallest absolute Gasteiger partial charge is 0.164 e. The molecule has 0 heterocycles. The largest absolute Gasteiger partial charge is 0.294 e. The number of aryl methyl sites for hydroxylation is 1. The Labute approximate surface area is 133 Å². The van der Waals surface area contributed by atoms with Crippen LogP contribution in [0.4, 0.5) is 0 Å². The minimum atomic E-state index is -0.581. The maximum Gasteiger partial charge on any atom is 0.164 e. The highest BCUT2D eigenvalue weighted by atomic mass is 35.5. The lowest BCUT2D eigenvalue weighted by atomic mass is 9.92. The summed E-state index contributed by atoms with van der Waals surface area (Å²) in [6, 6.07) is 14.4. The van der Waals surface area contributed by atoms with Gasteiger partial charge in [-0.25, -0.2) is 0 Å². The van der Waals surface area contributed by atoms with Gasteiger partial charge in [0.15, 0.2) is 5.78 Å². The summed E-state index contributed by atoms with van der Waals surface area (Å²) in [6.07, 6.45) is 0.0985. The predicted molar refractivity (Wildman–Crippen MR) is 84.9 cm³/mol. The molecule has 4 heteroatoms. The first kappa shape index (κ1) is 15.6. The van der Waals surface area contributed by atoms with Crippen molar-refractivity contribution in [1.82, 2.24) is 0 Å². The van der Waals surface area contributed by atoms with Gasteiger partial charge in [-0.15, -0.1) is 0 Å². The monoisotopic (exact) mass is 317 g/mol. The van der Waals surface area contributed by atoms with Crippen molar-refractivity contribution in [3.8, 4) is 6.07 Å². The molecule has 1 atom stereocenters. The fourth-order valence-electron chi connectivity index (χ4n) is 2.13. The van der Waals surface area contributed by atoms with Crippen LogP contribution in [0.2, 0.25) is 10.0 Å². The topological polar surface area (TPSA) is 40.9 Å². The molecule has 2 aromatic carbocycles. The molecule has 1 unspecified atom stereocenters. The number of carbonyl (C=O) groups is 1. The lowest BCUT2D eigenvalue weighted by Gasteiger charge is -2.11. The van der Waals surface area contributed by atoms with E-state index in [2.05, 4.69) is 6.07 Å². The highest BCUT2D eigenvalue weighted by Gasteiger charge is 2.19. The molecule has 2 rings (SSSR count). The van der Waals surface area contributed by atoms with Gasteiger partial charge in [0, 0.05) is 22.0 Å². The summed E-state index contributed by atoms with van der Waals surface area (Å²) < 4.78 is 0. The first-order chi connectivity index (χ1) is 10.0. The summed E-state index contributed by atoms with van der Waals surface area (Å²) in [5.74, 6) is -0.654. The van der Waals surface area contributed by atoms with Gasteiger partial charge in [-0.05, 0) is 30.7 Å². The van der Waals surface area contributed by atoms with Crippen LogP contribution in [-0.2, 0) is 0 Å². The number of hydrogen-bond acceptors (Lipinski definition) is 2. The van der Waals surface area contributed by atoms with Crippen LogP contribution in [0.1, 0.15) is 33.8 Å². The molecule has 0 spiro atoms. The van der Waals surface area contributed by atoms with E-state index in [1.807, 2.05) is 25.1 Å². The van der Waals surface area contributed by atoms with Gasteiger partial charge >= 0.3 is 0 Å². The number of nitrogens with zero attached hydrogens (tertiary/aromatic N) is 1. The lowest BCUT2D eigenvalue weighted by Crippen LogP contribution is -2.07. The molecule has 21 heavy (non-hydrogen) atoms. The van der Waals surface area contributed by atoms with Gasteiger partial charge in [-0.3, -0.25) is 4.79 Å². The molecule has 0 fully saturated rings. The number of benzene rings is 2. The number of nitriles is 1. The molecule has 106 valence electrons. The summed E-state index contributed by atoms with van der Waals surface area (Å²) in [6.45, 7) is 1.93. The molecule has 0 aliphatic carbocycles. The molecule has 0 aliphatic rings. The summed E-state index contributed by atoms with van der Waals surface area (Å²) in [5.41, 5.74) is 2.25. The number of carbonyl (C=O) groups excluding carboxylic acids is 1. The molecular formula is C17H13Cl2NO. The van der Waals surface area contributed by atoms with E-state index >= 15 is 0 Å². The van der Waals surface area contributed by atoms with Crippen LogP contribution in [0, 0.1) is 18.3 Å². The normalized spacial score (nSPS) is 11.7. The molecule has 0 saturated heterocycles. The van der Waals surface area contributed by atoms with Crippen LogP contribution in [0.15, 0.2) is 42.5 Å². The van der Waals surface area contributed by atoms with Gasteiger partial charge in [0.1, 0.15) is 0 Å². The number of Topliss-reactive ketones (excluding diaryl/α,β-unsaturated/α-hetero) is 1.